The Morgan fingerprint density at radius 2 is 2.33 bits per heavy atom. The number of hydrogen-bond donors (Lipinski definition) is 3. The Morgan fingerprint density at radius 3 is 2.83 bits per heavy atom. The van der Waals surface area contributed by atoms with Gasteiger partial charge in [0.15, 0.2) is 5.84 Å². The summed E-state index contributed by atoms with van der Waals surface area (Å²) >= 11 is 0. The van der Waals surface area contributed by atoms with Crippen molar-refractivity contribution in [2.45, 2.75) is 24.3 Å². The van der Waals surface area contributed by atoms with Crippen molar-refractivity contribution in [3.63, 3.8) is 0 Å². The van der Waals surface area contributed by atoms with Crippen molar-refractivity contribution < 1.29 is 18.0 Å². The van der Waals surface area contributed by atoms with Crippen LogP contribution in [-0.2, 0) is 10.0 Å². The summed E-state index contributed by atoms with van der Waals surface area (Å²) in [6.07, 6.45) is 2.17. The van der Waals surface area contributed by atoms with E-state index in [2.05, 4.69) is 14.9 Å². The second-order valence-corrected chi connectivity index (χ2v) is 5.16. The summed E-state index contributed by atoms with van der Waals surface area (Å²) in [6.45, 7) is 1.65. The van der Waals surface area contributed by atoms with E-state index in [0.717, 1.165) is 18.5 Å². The largest absolute Gasteiger partial charge is 0.409 e. The first-order chi connectivity index (χ1) is 8.40. The SMILES string of the molecule is CCC(NS(=O)(=O)c1cncc(F)c1)C(N)=NO. The molecule has 0 saturated heterocycles. The number of aromatic nitrogens is 1. The van der Waals surface area contributed by atoms with Gasteiger partial charge in [-0.15, -0.1) is 0 Å². The second-order valence-electron chi connectivity index (χ2n) is 3.45. The van der Waals surface area contributed by atoms with Gasteiger partial charge in [0.25, 0.3) is 0 Å². The van der Waals surface area contributed by atoms with Crippen molar-refractivity contribution in [3.05, 3.63) is 24.3 Å². The van der Waals surface area contributed by atoms with Crippen molar-refractivity contribution in [2.75, 3.05) is 0 Å². The van der Waals surface area contributed by atoms with Crippen molar-refractivity contribution >= 4 is 15.9 Å². The number of halogens is 1. The van der Waals surface area contributed by atoms with Crippen LogP contribution in [0.25, 0.3) is 0 Å². The molecule has 0 amide bonds. The average Bonchev–Trinajstić information content (AvgIpc) is 2.35. The van der Waals surface area contributed by atoms with Crippen LogP contribution in [-0.4, -0.2) is 30.5 Å². The minimum absolute atomic E-state index is 0.273. The summed E-state index contributed by atoms with van der Waals surface area (Å²) in [5.74, 6) is -1.04. The van der Waals surface area contributed by atoms with Gasteiger partial charge in [-0.2, -0.15) is 0 Å². The molecule has 0 bridgehead atoms. The molecule has 4 N–H and O–H groups in total. The fourth-order valence-electron chi connectivity index (χ4n) is 1.22. The third kappa shape index (κ3) is 3.37. The van der Waals surface area contributed by atoms with E-state index in [0.29, 0.717) is 0 Å². The first-order valence-electron chi connectivity index (χ1n) is 5.01. The fraction of sp³-hybridized carbons (Fsp3) is 0.333. The van der Waals surface area contributed by atoms with E-state index in [1.54, 1.807) is 6.92 Å². The van der Waals surface area contributed by atoms with Gasteiger partial charge in [0.05, 0.1) is 12.2 Å². The maximum absolute atomic E-state index is 12.9. The van der Waals surface area contributed by atoms with E-state index in [1.165, 1.54) is 0 Å². The highest BCUT2D eigenvalue weighted by atomic mass is 32.2. The van der Waals surface area contributed by atoms with E-state index in [-0.39, 0.29) is 17.2 Å². The molecule has 100 valence electrons. The molecule has 0 radical (unpaired) electrons. The number of nitrogens with one attached hydrogen (secondary N) is 1. The van der Waals surface area contributed by atoms with Crippen LogP contribution in [0.1, 0.15) is 13.3 Å². The first kappa shape index (κ1) is 14.3. The number of rotatable bonds is 5. The Morgan fingerprint density at radius 1 is 1.67 bits per heavy atom. The summed E-state index contributed by atoms with van der Waals surface area (Å²) in [6, 6.07) is -0.0443. The fourth-order valence-corrected chi connectivity index (χ4v) is 2.48. The normalized spacial score (nSPS) is 14.4. The smallest absolute Gasteiger partial charge is 0.242 e. The highest BCUT2D eigenvalue weighted by Gasteiger charge is 2.22. The Balaban J connectivity index is 3.01. The maximum atomic E-state index is 12.9. The second kappa shape index (κ2) is 5.74. The van der Waals surface area contributed by atoms with Crippen molar-refractivity contribution in [3.8, 4) is 0 Å². The molecule has 1 unspecified atom stereocenters. The lowest BCUT2D eigenvalue weighted by molar-refractivity contribution is 0.315. The number of oxime groups is 1. The monoisotopic (exact) mass is 276 g/mol. The minimum Gasteiger partial charge on any atom is -0.409 e. The molecule has 1 heterocycles. The highest BCUT2D eigenvalue weighted by Crippen LogP contribution is 2.09. The van der Waals surface area contributed by atoms with E-state index < -0.39 is 21.9 Å². The Bertz CT molecular complexity index is 546. The van der Waals surface area contributed by atoms with Gasteiger partial charge in [-0.1, -0.05) is 12.1 Å². The summed E-state index contributed by atoms with van der Waals surface area (Å²) in [7, 11) is -3.97. The standard InChI is InChI=1S/C9H13FN4O3S/c1-2-8(9(11)13-15)14-18(16,17)7-3-6(10)4-12-5-7/h3-5,8,14-15H,2H2,1H3,(H2,11,13). The molecule has 0 aliphatic carbocycles. The lowest BCUT2D eigenvalue weighted by Gasteiger charge is -2.15. The van der Waals surface area contributed by atoms with Crippen LogP contribution >= 0.6 is 0 Å². The van der Waals surface area contributed by atoms with Crippen LogP contribution in [0, 0.1) is 5.82 Å². The zero-order valence-electron chi connectivity index (χ0n) is 9.54. The molecule has 0 saturated carbocycles. The van der Waals surface area contributed by atoms with Crippen molar-refractivity contribution in [1.29, 1.82) is 0 Å². The van der Waals surface area contributed by atoms with E-state index in [4.69, 9.17) is 10.9 Å². The summed E-state index contributed by atoms with van der Waals surface area (Å²) in [5.41, 5.74) is 5.33. The molecule has 1 atom stereocenters. The third-order valence-corrected chi connectivity index (χ3v) is 3.61. The molecule has 7 nitrogen and oxygen atoms in total. The van der Waals surface area contributed by atoms with Gasteiger partial charge in [-0.3, -0.25) is 4.98 Å². The number of amidine groups is 1. The minimum atomic E-state index is -3.97. The Kier molecular flexibility index (Phi) is 4.56. The molecule has 1 aromatic rings. The van der Waals surface area contributed by atoms with Gasteiger partial charge in [0.1, 0.15) is 10.7 Å². The van der Waals surface area contributed by atoms with Crippen LogP contribution in [0.5, 0.6) is 0 Å². The Hall–Kier alpha value is -1.74. The van der Waals surface area contributed by atoms with Crippen LogP contribution in [0.3, 0.4) is 0 Å². The molecular weight excluding hydrogens is 263 g/mol. The van der Waals surface area contributed by atoms with Gasteiger partial charge in [-0.25, -0.2) is 17.5 Å². The molecule has 0 spiro atoms. The van der Waals surface area contributed by atoms with Gasteiger partial charge in [0, 0.05) is 6.20 Å². The highest BCUT2D eigenvalue weighted by molar-refractivity contribution is 7.89. The summed E-state index contributed by atoms with van der Waals surface area (Å²) < 4.78 is 38.8. The van der Waals surface area contributed by atoms with Crippen LogP contribution in [0.4, 0.5) is 4.39 Å². The van der Waals surface area contributed by atoms with Gasteiger partial charge in [-0.05, 0) is 12.5 Å². The summed E-state index contributed by atoms with van der Waals surface area (Å²) in [5, 5.41) is 11.2. The zero-order valence-corrected chi connectivity index (χ0v) is 10.4. The van der Waals surface area contributed by atoms with Gasteiger partial charge in [0.2, 0.25) is 10.0 Å². The predicted molar refractivity (Wildman–Crippen MR) is 62.0 cm³/mol. The topological polar surface area (TPSA) is 118 Å². The molecular formula is C9H13FN4O3S. The predicted octanol–water partition coefficient (Wildman–Crippen LogP) is 0.0240. The van der Waals surface area contributed by atoms with Crippen LogP contribution in [0.15, 0.2) is 28.5 Å². The van der Waals surface area contributed by atoms with E-state index in [9.17, 15) is 12.8 Å². The lowest BCUT2D eigenvalue weighted by Crippen LogP contribution is -2.44. The summed E-state index contributed by atoms with van der Waals surface area (Å²) in [4.78, 5) is 3.12. The van der Waals surface area contributed by atoms with Crippen LogP contribution in [0.2, 0.25) is 0 Å². The number of hydrogen-bond acceptors (Lipinski definition) is 5. The number of sulfonamides is 1. The van der Waals surface area contributed by atoms with E-state index in [1.807, 2.05) is 0 Å². The molecule has 1 rings (SSSR count). The molecule has 18 heavy (non-hydrogen) atoms. The molecule has 0 aromatic carbocycles. The molecule has 0 aliphatic rings. The molecule has 9 heteroatoms. The molecule has 1 aromatic heterocycles. The van der Waals surface area contributed by atoms with Gasteiger partial charge >= 0.3 is 0 Å². The third-order valence-electron chi connectivity index (χ3n) is 2.17. The number of nitrogens with zero attached hydrogens (tertiary/aromatic N) is 2. The lowest BCUT2D eigenvalue weighted by atomic mass is 10.2. The van der Waals surface area contributed by atoms with E-state index >= 15 is 0 Å². The average molecular weight is 276 g/mol. The zero-order chi connectivity index (χ0) is 13.8. The number of nitrogens with two attached hydrogens (primary N) is 1. The van der Waals surface area contributed by atoms with Crippen molar-refractivity contribution in [2.24, 2.45) is 10.9 Å². The quantitative estimate of drug-likeness (QED) is 0.303. The number of pyridine rings is 1. The first-order valence-corrected chi connectivity index (χ1v) is 6.49. The maximum Gasteiger partial charge on any atom is 0.242 e. The van der Waals surface area contributed by atoms with Crippen molar-refractivity contribution in [1.82, 2.24) is 9.71 Å². The molecule has 0 fully saturated rings. The molecule has 0 aliphatic heterocycles. The van der Waals surface area contributed by atoms with Gasteiger partial charge < -0.3 is 10.9 Å². The Labute approximate surface area is 104 Å². The van der Waals surface area contributed by atoms with Crippen LogP contribution < -0.4 is 10.5 Å².